The third-order valence-corrected chi connectivity index (χ3v) is 2.97. The first-order valence-corrected chi connectivity index (χ1v) is 6.01. The van der Waals surface area contributed by atoms with Crippen molar-refractivity contribution in [2.75, 3.05) is 0 Å². The third kappa shape index (κ3) is 3.46. The number of halogens is 8. The van der Waals surface area contributed by atoms with Gasteiger partial charge in [0.2, 0.25) is 0 Å². The lowest BCUT2D eigenvalue weighted by atomic mass is 10.2. The number of hydrogen-bond acceptors (Lipinski definition) is 2. The molecule has 0 amide bonds. The Morgan fingerprint density at radius 2 is 1.61 bits per heavy atom. The fraction of sp³-hybridized carbons (Fsp3) is 0.167. The average molecular weight is 361 g/mol. The van der Waals surface area contributed by atoms with Crippen molar-refractivity contribution in [3.8, 4) is 5.69 Å². The summed E-state index contributed by atoms with van der Waals surface area (Å²) >= 11 is 5.53. The Bertz CT molecular complexity index is 787. The molecule has 0 aliphatic rings. The summed E-state index contributed by atoms with van der Waals surface area (Å²) in [6.45, 7) is 0. The molecule has 0 saturated carbocycles. The van der Waals surface area contributed by atoms with E-state index in [1.165, 1.54) is 0 Å². The van der Waals surface area contributed by atoms with E-state index in [4.69, 9.17) is 11.6 Å². The molecule has 1 aromatic heterocycles. The molecule has 3 nitrogen and oxygen atoms in total. The summed E-state index contributed by atoms with van der Waals surface area (Å²) in [6.07, 6.45) is -9.45. The van der Waals surface area contributed by atoms with Crippen LogP contribution in [0.15, 0.2) is 29.3 Å². The summed E-state index contributed by atoms with van der Waals surface area (Å²) in [5, 5.41) is -0.805. The highest BCUT2D eigenvalue weighted by Gasteiger charge is 2.34. The van der Waals surface area contributed by atoms with Crippen molar-refractivity contribution in [3.63, 3.8) is 0 Å². The topological polar surface area (TPSA) is 34.9 Å². The van der Waals surface area contributed by atoms with E-state index < -0.39 is 45.7 Å². The van der Waals surface area contributed by atoms with Crippen LogP contribution in [0.3, 0.4) is 0 Å². The molecular weight excluding hydrogens is 357 g/mol. The second-order valence-corrected chi connectivity index (χ2v) is 4.67. The minimum Gasteiger partial charge on any atom is -0.269 e. The van der Waals surface area contributed by atoms with E-state index >= 15 is 0 Å². The Kier molecular flexibility index (Phi) is 4.14. The fourth-order valence-corrected chi connectivity index (χ4v) is 1.98. The summed E-state index contributed by atoms with van der Waals surface area (Å²) in [4.78, 5) is 14.6. The summed E-state index contributed by atoms with van der Waals surface area (Å²) < 4.78 is 88.9. The van der Waals surface area contributed by atoms with Crippen LogP contribution in [0.25, 0.3) is 5.69 Å². The molecule has 0 aliphatic carbocycles. The Morgan fingerprint density at radius 3 is 2.04 bits per heavy atom. The molecule has 1 aromatic carbocycles. The van der Waals surface area contributed by atoms with Gasteiger partial charge in [0.1, 0.15) is 17.8 Å². The van der Waals surface area contributed by atoms with E-state index in [0.29, 0.717) is 12.4 Å². The van der Waals surface area contributed by atoms with Crippen LogP contribution in [0.2, 0.25) is 5.02 Å². The van der Waals surface area contributed by atoms with Crippen LogP contribution >= 0.6 is 11.6 Å². The van der Waals surface area contributed by atoms with Crippen molar-refractivity contribution >= 4 is 11.6 Å². The zero-order chi connectivity index (χ0) is 17.6. The molecule has 124 valence electrons. The Morgan fingerprint density at radius 1 is 1.00 bits per heavy atom. The first kappa shape index (κ1) is 17.3. The smallest absolute Gasteiger partial charge is 0.269 e. The average Bonchev–Trinajstić information content (AvgIpc) is 2.37. The van der Waals surface area contributed by atoms with Crippen LogP contribution in [0, 0.1) is 5.82 Å². The van der Waals surface area contributed by atoms with Gasteiger partial charge in [0, 0.05) is 6.07 Å². The van der Waals surface area contributed by atoms with Gasteiger partial charge in [0.15, 0.2) is 5.69 Å². The predicted molar refractivity (Wildman–Crippen MR) is 64.8 cm³/mol. The molecule has 23 heavy (non-hydrogen) atoms. The Labute approximate surface area is 127 Å². The molecular formula is C12H4ClF7N2O. The summed E-state index contributed by atoms with van der Waals surface area (Å²) in [7, 11) is 0. The van der Waals surface area contributed by atoms with Crippen molar-refractivity contribution in [3.05, 3.63) is 57.0 Å². The van der Waals surface area contributed by atoms with Gasteiger partial charge in [-0.25, -0.2) is 9.37 Å². The van der Waals surface area contributed by atoms with Crippen LogP contribution in [0.1, 0.15) is 11.3 Å². The summed E-state index contributed by atoms with van der Waals surface area (Å²) in [6, 6.07) is 0.503. The summed E-state index contributed by atoms with van der Waals surface area (Å²) in [5.41, 5.74) is -5.11. The van der Waals surface area contributed by atoms with Crippen molar-refractivity contribution in [2.45, 2.75) is 12.4 Å². The van der Waals surface area contributed by atoms with Crippen LogP contribution in [0.4, 0.5) is 30.7 Å². The monoisotopic (exact) mass is 360 g/mol. The number of nitrogens with zero attached hydrogens (tertiary/aromatic N) is 2. The summed E-state index contributed by atoms with van der Waals surface area (Å²) in [5.74, 6) is -1.53. The van der Waals surface area contributed by atoms with Gasteiger partial charge in [-0.15, -0.1) is 0 Å². The molecule has 0 aliphatic heterocycles. The SMILES string of the molecule is O=c1cc(C(F)(F)F)ncn1-c1c(F)cc(C(F)(F)F)cc1Cl. The lowest BCUT2D eigenvalue weighted by Gasteiger charge is -2.13. The molecule has 2 rings (SSSR count). The van der Waals surface area contributed by atoms with E-state index in [9.17, 15) is 35.5 Å². The molecule has 0 N–H and O–H groups in total. The van der Waals surface area contributed by atoms with E-state index in [1.54, 1.807) is 0 Å². The minimum atomic E-state index is -4.90. The number of hydrogen-bond donors (Lipinski definition) is 0. The maximum atomic E-state index is 13.8. The number of aromatic nitrogens is 2. The molecule has 0 atom stereocenters. The van der Waals surface area contributed by atoms with Gasteiger partial charge in [-0.3, -0.25) is 9.36 Å². The highest BCUT2D eigenvalue weighted by atomic mass is 35.5. The zero-order valence-corrected chi connectivity index (χ0v) is 11.4. The van der Waals surface area contributed by atoms with Gasteiger partial charge < -0.3 is 0 Å². The van der Waals surface area contributed by atoms with E-state index in [2.05, 4.69) is 4.98 Å². The Hall–Kier alpha value is -2.10. The largest absolute Gasteiger partial charge is 0.433 e. The lowest BCUT2D eigenvalue weighted by Crippen LogP contribution is -2.23. The van der Waals surface area contributed by atoms with Gasteiger partial charge in [0.05, 0.1) is 10.6 Å². The first-order valence-electron chi connectivity index (χ1n) is 5.64. The molecule has 0 saturated heterocycles. The third-order valence-electron chi connectivity index (χ3n) is 2.69. The fourth-order valence-electron chi connectivity index (χ4n) is 1.68. The zero-order valence-electron chi connectivity index (χ0n) is 10.6. The first-order chi connectivity index (χ1) is 10.4. The van der Waals surface area contributed by atoms with Crippen LogP contribution in [0.5, 0.6) is 0 Å². The van der Waals surface area contributed by atoms with Gasteiger partial charge in [-0.2, -0.15) is 26.3 Å². The molecule has 11 heteroatoms. The van der Waals surface area contributed by atoms with Gasteiger partial charge in [-0.1, -0.05) is 11.6 Å². The molecule has 0 unspecified atom stereocenters. The number of rotatable bonds is 1. The second-order valence-electron chi connectivity index (χ2n) is 4.27. The molecule has 0 radical (unpaired) electrons. The maximum absolute atomic E-state index is 13.8. The highest BCUT2D eigenvalue weighted by molar-refractivity contribution is 6.32. The molecule has 0 fully saturated rings. The standard InChI is InChI=1S/C12H4ClF7N2O/c13-6-1-5(11(15,16)17)2-7(14)10(6)22-4-21-8(3-9(22)23)12(18,19)20/h1-4H. The van der Waals surface area contributed by atoms with Crippen LogP contribution in [-0.4, -0.2) is 9.55 Å². The van der Waals surface area contributed by atoms with E-state index in [1.807, 2.05) is 0 Å². The second kappa shape index (κ2) is 5.52. The van der Waals surface area contributed by atoms with Crippen molar-refractivity contribution < 1.29 is 30.7 Å². The van der Waals surface area contributed by atoms with E-state index in [-0.39, 0.29) is 16.7 Å². The molecule has 2 aromatic rings. The van der Waals surface area contributed by atoms with Gasteiger partial charge in [-0.05, 0) is 12.1 Å². The van der Waals surface area contributed by atoms with E-state index in [0.717, 1.165) is 0 Å². The van der Waals surface area contributed by atoms with Crippen molar-refractivity contribution in [2.24, 2.45) is 0 Å². The van der Waals surface area contributed by atoms with Crippen LogP contribution < -0.4 is 5.56 Å². The molecule has 0 spiro atoms. The lowest BCUT2D eigenvalue weighted by molar-refractivity contribution is -0.141. The molecule has 1 heterocycles. The minimum absolute atomic E-state index is 0.0747. The molecule has 0 bridgehead atoms. The predicted octanol–water partition coefficient (Wildman–Crippen LogP) is 4.06. The van der Waals surface area contributed by atoms with Crippen molar-refractivity contribution in [1.82, 2.24) is 9.55 Å². The van der Waals surface area contributed by atoms with Crippen LogP contribution in [-0.2, 0) is 12.4 Å². The number of benzene rings is 1. The number of alkyl halides is 6. The van der Waals surface area contributed by atoms with Gasteiger partial charge in [0.25, 0.3) is 5.56 Å². The van der Waals surface area contributed by atoms with Crippen molar-refractivity contribution in [1.29, 1.82) is 0 Å². The van der Waals surface area contributed by atoms with Gasteiger partial charge >= 0.3 is 12.4 Å². The quantitative estimate of drug-likeness (QED) is 0.719. The maximum Gasteiger partial charge on any atom is 0.433 e. The Balaban J connectivity index is 2.62. The highest BCUT2D eigenvalue weighted by Crippen LogP contribution is 2.34. The normalized spacial score (nSPS) is 12.5.